The predicted molar refractivity (Wildman–Crippen MR) is 101 cm³/mol. The number of carbonyl (C=O) groups is 2. The molecule has 134 valence electrons. The van der Waals surface area contributed by atoms with Crippen molar-refractivity contribution >= 4 is 22.8 Å². The molecule has 0 aliphatic rings. The van der Waals surface area contributed by atoms with Gasteiger partial charge in [-0.3, -0.25) is 4.79 Å². The van der Waals surface area contributed by atoms with Crippen molar-refractivity contribution in [2.75, 3.05) is 13.2 Å². The number of fused-ring (bicyclic) bond motifs is 1. The fraction of sp³-hybridized carbons (Fsp3) is 0.238. The van der Waals surface area contributed by atoms with Crippen LogP contribution in [0.25, 0.3) is 10.9 Å². The number of ether oxygens (including phenoxy) is 1. The molecule has 0 bridgehead atoms. The Morgan fingerprint density at radius 1 is 1.12 bits per heavy atom. The standard InChI is InChI=1S/C21H22N2O3/c1-3-26-21(25)20(24)23-12-17(15-10-8-14(2)9-11-15)18-13-22-19-7-5-4-6-16(18)19/h4-11,13,17,22H,3,12H2,1-2H3,(H,23,24). The fourth-order valence-corrected chi connectivity index (χ4v) is 3.05. The number of aromatic amines is 1. The van der Waals surface area contributed by atoms with E-state index in [1.54, 1.807) is 6.92 Å². The van der Waals surface area contributed by atoms with E-state index in [0.29, 0.717) is 6.54 Å². The SMILES string of the molecule is CCOC(=O)C(=O)NCC(c1ccc(C)cc1)c1c[nH]c2ccccc12. The van der Waals surface area contributed by atoms with Gasteiger partial charge in [-0.2, -0.15) is 0 Å². The lowest BCUT2D eigenvalue weighted by Gasteiger charge is -2.18. The number of hydrogen-bond acceptors (Lipinski definition) is 3. The Hall–Kier alpha value is -3.08. The maximum Gasteiger partial charge on any atom is 0.396 e. The quantitative estimate of drug-likeness (QED) is 0.548. The van der Waals surface area contributed by atoms with Gasteiger partial charge in [0.1, 0.15) is 0 Å². The van der Waals surface area contributed by atoms with Crippen molar-refractivity contribution in [2.45, 2.75) is 19.8 Å². The minimum absolute atomic E-state index is 0.0786. The van der Waals surface area contributed by atoms with Gasteiger partial charge in [0.25, 0.3) is 0 Å². The summed E-state index contributed by atoms with van der Waals surface area (Å²) in [6, 6.07) is 16.2. The molecule has 1 heterocycles. The topological polar surface area (TPSA) is 71.2 Å². The van der Waals surface area contributed by atoms with Crippen molar-refractivity contribution in [2.24, 2.45) is 0 Å². The van der Waals surface area contributed by atoms with Crippen molar-refractivity contribution in [1.82, 2.24) is 10.3 Å². The largest absolute Gasteiger partial charge is 0.459 e. The molecule has 0 fully saturated rings. The van der Waals surface area contributed by atoms with Gasteiger partial charge in [-0.05, 0) is 31.0 Å². The van der Waals surface area contributed by atoms with Gasteiger partial charge < -0.3 is 15.0 Å². The Morgan fingerprint density at radius 3 is 2.58 bits per heavy atom. The van der Waals surface area contributed by atoms with Crippen LogP contribution in [0.5, 0.6) is 0 Å². The molecule has 26 heavy (non-hydrogen) atoms. The van der Waals surface area contributed by atoms with Crippen LogP contribution >= 0.6 is 0 Å². The number of amides is 1. The molecule has 5 heteroatoms. The van der Waals surface area contributed by atoms with Gasteiger partial charge in [-0.1, -0.05) is 48.0 Å². The highest BCUT2D eigenvalue weighted by Crippen LogP contribution is 2.30. The van der Waals surface area contributed by atoms with Gasteiger partial charge in [0.05, 0.1) is 6.61 Å². The molecule has 3 aromatic rings. The first-order valence-corrected chi connectivity index (χ1v) is 8.67. The first-order chi connectivity index (χ1) is 12.6. The monoisotopic (exact) mass is 350 g/mol. The third-order valence-electron chi connectivity index (χ3n) is 4.40. The zero-order valence-corrected chi connectivity index (χ0v) is 14.9. The molecule has 2 N–H and O–H groups in total. The molecule has 0 radical (unpaired) electrons. The molecule has 0 aliphatic carbocycles. The molecule has 5 nitrogen and oxygen atoms in total. The van der Waals surface area contributed by atoms with Crippen LogP contribution in [-0.2, 0) is 14.3 Å². The van der Waals surface area contributed by atoms with E-state index < -0.39 is 11.9 Å². The third-order valence-corrected chi connectivity index (χ3v) is 4.40. The Balaban J connectivity index is 1.91. The number of benzene rings is 2. The lowest BCUT2D eigenvalue weighted by Crippen LogP contribution is -2.35. The number of aromatic nitrogens is 1. The second-order valence-corrected chi connectivity index (χ2v) is 6.18. The number of carbonyl (C=O) groups excluding carboxylic acids is 2. The van der Waals surface area contributed by atoms with E-state index in [0.717, 1.165) is 22.0 Å². The Morgan fingerprint density at radius 2 is 1.85 bits per heavy atom. The lowest BCUT2D eigenvalue weighted by molar-refractivity contribution is -0.154. The predicted octanol–water partition coefficient (Wildman–Crippen LogP) is 3.29. The molecule has 0 aliphatic heterocycles. The zero-order chi connectivity index (χ0) is 18.5. The van der Waals surface area contributed by atoms with E-state index in [2.05, 4.69) is 28.5 Å². The van der Waals surface area contributed by atoms with E-state index in [4.69, 9.17) is 4.74 Å². The van der Waals surface area contributed by atoms with Gasteiger partial charge in [0.2, 0.25) is 0 Å². The van der Waals surface area contributed by atoms with Crippen LogP contribution in [0.15, 0.2) is 54.7 Å². The van der Waals surface area contributed by atoms with E-state index in [-0.39, 0.29) is 12.5 Å². The average molecular weight is 350 g/mol. The maximum atomic E-state index is 12.0. The highest BCUT2D eigenvalue weighted by molar-refractivity contribution is 6.32. The molecule has 3 rings (SSSR count). The molecule has 1 aromatic heterocycles. The minimum Gasteiger partial charge on any atom is -0.459 e. The van der Waals surface area contributed by atoms with Crippen LogP contribution in [0, 0.1) is 6.92 Å². The van der Waals surface area contributed by atoms with Crippen LogP contribution in [0.2, 0.25) is 0 Å². The summed E-state index contributed by atoms with van der Waals surface area (Å²) in [6.45, 7) is 4.19. The second-order valence-electron chi connectivity index (χ2n) is 6.18. The van der Waals surface area contributed by atoms with E-state index in [1.807, 2.05) is 43.5 Å². The smallest absolute Gasteiger partial charge is 0.396 e. The molecule has 0 saturated heterocycles. The highest BCUT2D eigenvalue weighted by Gasteiger charge is 2.21. The number of esters is 1. The summed E-state index contributed by atoms with van der Waals surface area (Å²) in [5, 5.41) is 3.81. The van der Waals surface area contributed by atoms with Crippen LogP contribution in [0.1, 0.15) is 29.5 Å². The second kappa shape index (κ2) is 7.87. The summed E-state index contributed by atoms with van der Waals surface area (Å²) in [7, 11) is 0. The number of hydrogen-bond donors (Lipinski definition) is 2. The van der Waals surface area contributed by atoms with Crippen molar-refractivity contribution in [3.8, 4) is 0 Å². The van der Waals surface area contributed by atoms with E-state index >= 15 is 0 Å². The number of H-pyrrole nitrogens is 1. The minimum atomic E-state index is -0.853. The van der Waals surface area contributed by atoms with Crippen LogP contribution in [0.3, 0.4) is 0 Å². The van der Waals surface area contributed by atoms with Crippen molar-refractivity contribution < 1.29 is 14.3 Å². The maximum absolute atomic E-state index is 12.0. The highest BCUT2D eigenvalue weighted by atomic mass is 16.5. The summed E-state index contributed by atoms with van der Waals surface area (Å²) in [5.74, 6) is -1.65. The number of aryl methyl sites for hydroxylation is 1. The first-order valence-electron chi connectivity index (χ1n) is 8.67. The Kier molecular flexibility index (Phi) is 5.37. The summed E-state index contributed by atoms with van der Waals surface area (Å²) < 4.78 is 4.76. The van der Waals surface area contributed by atoms with Crippen LogP contribution < -0.4 is 5.32 Å². The lowest BCUT2D eigenvalue weighted by atomic mass is 9.90. The van der Waals surface area contributed by atoms with E-state index in [1.165, 1.54) is 5.56 Å². The molecule has 1 atom stereocenters. The molecule has 1 unspecified atom stereocenters. The molecular formula is C21H22N2O3. The van der Waals surface area contributed by atoms with Crippen LogP contribution in [-0.4, -0.2) is 30.0 Å². The summed E-state index contributed by atoms with van der Waals surface area (Å²) >= 11 is 0. The summed E-state index contributed by atoms with van der Waals surface area (Å²) in [4.78, 5) is 26.8. The van der Waals surface area contributed by atoms with Gasteiger partial charge in [0, 0.05) is 29.6 Å². The van der Waals surface area contributed by atoms with Gasteiger partial charge in [0.15, 0.2) is 0 Å². The van der Waals surface area contributed by atoms with Crippen molar-refractivity contribution in [1.29, 1.82) is 0 Å². The number of para-hydroxylation sites is 1. The number of nitrogens with one attached hydrogen (secondary N) is 2. The van der Waals surface area contributed by atoms with Crippen molar-refractivity contribution in [3.05, 3.63) is 71.4 Å². The van der Waals surface area contributed by atoms with Gasteiger partial charge in [-0.15, -0.1) is 0 Å². The Labute approximate surface area is 152 Å². The average Bonchev–Trinajstić information content (AvgIpc) is 3.07. The molecular weight excluding hydrogens is 328 g/mol. The van der Waals surface area contributed by atoms with Gasteiger partial charge in [-0.25, -0.2) is 4.79 Å². The molecule has 1 amide bonds. The normalized spacial score (nSPS) is 11.9. The zero-order valence-electron chi connectivity index (χ0n) is 14.9. The van der Waals surface area contributed by atoms with Gasteiger partial charge >= 0.3 is 11.9 Å². The molecule has 0 spiro atoms. The van der Waals surface area contributed by atoms with E-state index in [9.17, 15) is 9.59 Å². The molecule has 2 aromatic carbocycles. The molecule has 0 saturated carbocycles. The number of rotatable bonds is 5. The fourth-order valence-electron chi connectivity index (χ4n) is 3.05. The summed E-state index contributed by atoms with van der Waals surface area (Å²) in [6.07, 6.45) is 1.96. The first kappa shape index (κ1) is 17.7. The summed E-state index contributed by atoms with van der Waals surface area (Å²) in [5.41, 5.74) is 4.36. The Bertz CT molecular complexity index is 912. The van der Waals surface area contributed by atoms with Crippen LogP contribution in [0.4, 0.5) is 0 Å². The third kappa shape index (κ3) is 3.77. The van der Waals surface area contributed by atoms with Crippen molar-refractivity contribution in [3.63, 3.8) is 0 Å².